The van der Waals surface area contributed by atoms with E-state index in [2.05, 4.69) is 5.32 Å². The molecule has 2 atom stereocenters. The third-order valence-corrected chi connectivity index (χ3v) is 5.96. The summed E-state index contributed by atoms with van der Waals surface area (Å²) in [5.41, 5.74) is -0.240. The van der Waals surface area contributed by atoms with E-state index in [4.69, 9.17) is 18.9 Å². The van der Waals surface area contributed by atoms with Gasteiger partial charge in [0, 0.05) is 6.07 Å². The number of para-hydroxylation sites is 1. The monoisotopic (exact) mass is 587 g/mol. The van der Waals surface area contributed by atoms with Crippen LogP contribution in [0.5, 0.6) is 11.5 Å². The lowest BCUT2D eigenvalue weighted by Gasteiger charge is -2.27. The van der Waals surface area contributed by atoms with Gasteiger partial charge in [0.25, 0.3) is 5.69 Å². The van der Waals surface area contributed by atoms with Gasteiger partial charge in [-0.1, -0.05) is 78.9 Å². The van der Waals surface area contributed by atoms with E-state index in [9.17, 15) is 29.8 Å². The largest absolute Gasteiger partial charge is 0.468 e. The van der Waals surface area contributed by atoms with Gasteiger partial charge in [-0.25, -0.2) is 9.59 Å². The van der Waals surface area contributed by atoms with E-state index in [1.807, 2.05) is 6.07 Å². The average Bonchev–Trinajstić information content (AvgIpc) is 3.02. The number of nitrogens with zero attached hydrogens (tertiary/aromatic N) is 2. The fourth-order valence-corrected chi connectivity index (χ4v) is 3.89. The highest BCUT2D eigenvalue weighted by molar-refractivity contribution is 5.81. The van der Waals surface area contributed by atoms with Crippen molar-refractivity contribution in [2.75, 3.05) is 6.79 Å². The zero-order valence-electron chi connectivity index (χ0n) is 22.4. The van der Waals surface area contributed by atoms with Gasteiger partial charge in [-0.3, -0.25) is 20.2 Å². The first-order valence-corrected chi connectivity index (χ1v) is 12.8. The molecule has 4 aromatic carbocycles. The number of non-ortho nitro benzene ring substituents is 1. The van der Waals surface area contributed by atoms with E-state index in [1.54, 1.807) is 84.9 Å². The lowest BCUT2D eigenvalue weighted by atomic mass is 10.0. The lowest BCUT2D eigenvalue weighted by Crippen LogP contribution is -2.44. The Balaban J connectivity index is 1.62. The van der Waals surface area contributed by atoms with E-state index >= 15 is 0 Å². The van der Waals surface area contributed by atoms with E-state index in [0.717, 1.165) is 17.7 Å². The van der Waals surface area contributed by atoms with Crippen molar-refractivity contribution in [1.29, 1.82) is 0 Å². The van der Waals surface area contributed by atoms with Gasteiger partial charge in [-0.15, -0.1) is 0 Å². The molecule has 13 heteroatoms. The quantitative estimate of drug-likeness (QED) is 0.0693. The van der Waals surface area contributed by atoms with Crippen LogP contribution in [0.1, 0.15) is 17.2 Å². The van der Waals surface area contributed by atoms with E-state index in [0.29, 0.717) is 17.4 Å². The second-order valence-corrected chi connectivity index (χ2v) is 8.84. The highest BCUT2D eigenvalue weighted by Gasteiger charge is 2.36. The third kappa shape index (κ3) is 8.58. The molecule has 0 saturated carbocycles. The Morgan fingerprint density at radius 2 is 1.42 bits per heavy atom. The Bertz CT molecular complexity index is 1550. The van der Waals surface area contributed by atoms with Crippen LogP contribution in [0.25, 0.3) is 0 Å². The van der Waals surface area contributed by atoms with Crippen LogP contribution in [0, 0.1) is 20.2 Å². The molecule has 0 saturated heterocycles. The molecule has 4 rings (SSSR count). The van der Waals surface area contributed by atoms with Gasteiger partial charge in [0.05, 0.1) is 22.0 Å². The van der Waals surface area contributed by atoms with Crippen molar-refractivity contribution in [3.05, 3.63) is 141 Å². The summed E-state index contributed by atoms with van der Waals surface area (Å²) in [7, 11) is 0. The number of amides is 1. The van der Waals surface area contributed by atoms with Gasteiger partial charge in [0.15, 0.2) is 12.9 Å². The highest BCUT2D eigenvalue weighted by Crippen LogP contribution is 2.32. The third-order valence-electron chi connectivity index (χ3n) is 5.96. The molecule has 1 amide bonds. The number of hydrogen-bond donors (Lipinski definition) is 1. The summed E-state index contributed by atoms with van der Waals surface area (Å²) >= 11 is 0. The first kappa shape index (κ1) is 30.1. The Labute approximate surface area is 244 Å². The van der Waals surface area contributed by atoms with Crippen molar-refractivity contribution in [3.63, 3.8) is 0 Å². The van der Waals surface area contributed by atoms with Gasteiger partial charge >= 0.3 is 17.7 Å². The van der Waals surface area contributed by atoms with Crippen molar-refractivity contribution >= 4 is 23.4 Å². The summed E-state index contributed by atoms with van der Waals surface area (Å²) in [4.78, 5) is 47.5. The molecule has 1 unspecified atom stereocenters. The van der Waals surface area contributed by atoms with Gasteiger partial charge in [0.2, 0.25) is 5.75 Å². The van der Waals surface area contributed by atoms with Crippen LogP contribution in [0.15, 0.2) is 109 Å². The second-order valence-electron chi connectivity index (χ2n) is 8.84. The minimum atomic E-state index is -1.62. The van der Waals surface area contributed by atoms with E-state index in [1.165, 1.54) is 0 Å². The number of esters is 1. The molecule has 0 radical (unpaired) electrons. The molecular formula is C30H25N3O10. The van der Waals surface area contributed by atoms with Crippen molar-refractivity contribution in [2.24, 2.45) is 0 Å². The number of alkyl carbamates (subject to hydrolysis) is 1. The number of carbonyl (C=O) groups is 2. The van der Waals surface area contributed by atoms with Crippen LogP contribution in [0.4, 0.5) is 16.2 Å². The van der Waals surface area contributed by atoms with Crippen molar-refractivity contribution in [1.82, 2.24) is 5.32 Å². The first-order valence-electron chi connectivity index (χ1n) is 12.8. The summed E-state index contributed by atoms with van der Waals surface area (Å²) in [5.74, 6) is -1.28. The zero-order chi connectivity index (χ0) is 30.6. The molecule has 220 valence electrons. The number of carbonyl (C=O) groups excluding carboxylic acids is 2. The standard InChI is InChI=1S/C30H25N3O10/c34-29(43-26-17-16-23(32(36)37)18-25(26)33(38)39)28(42-20-41-24-14-8-3-9-15-24)27(22-12-6-2-7-13-22)31-30(35)40-19-21-10-4-1-5-11-21/h1-18,27-28H,19-20H2,(H,31,35)/t27?,28-/m1/s1. The SMILES string of the molecule is O=C(NC(c1ccccc1)[C@@H](OCOc1ccccc1)C(=O)Oc1ccc([N+](=O)[O-])cc1[N+](=O)[O-])OCc1ccccc1. The smallest absolute Gasteiger partial charge is 0.408 e. The molecule has 13 nitrogen and oxygen atoms in total. The number of rotatable bonds is 13. The van der Waals surface area contributed by atoms with E-state index < -0.39 is 58.0 Å². The number of hydrogen-bond acceptors (Lipinski definition) is 10. The van der Waals surface area contributed by atoms with Crippen LogP contribution in [-0.4, -0.2) is 34.8 Å². The first-order chi connectivity index (χ1) is 20.8. The fraction of sp³-hybridized carbons (Fsp3) is 0.133. The van der Waals surface area contributed by atoms with Crippen molar-refractivity contribution in [3.8, 4) is 11.5 Å². The minimum absolute atomic E-state index is 0.0593. The molecule has 1 N–H and O–H groups in total. The predicted molar refractivity (Wildman–Crippen MR) is 151 cm³/mol. The Morgan fingerprint density at radius 1 is 0.791 bits per heavy atom. The van der Waals surface area contributed by atoms with Crippen molar-refractivity contribution in [2.45, 2.75) is 18.8 Å². The maximum atomic E-state index is 13.6. The van der Waals surface area contributed by atoms with Crippen LogP contribution in [-0.2, 0) is 20.9 Å². The Morgan fingerprint density at radius 3 is 2.05 bits per heavy atom. The number of nitrogens with one attached hydrogen (secondary N) is 1. The Kier molecular flexibility index (Phi) is 10.3. The number of ether oxygens (including phenoxy) is 4. The molecule has 0 fully saturated rings. The van der Waals surface area contributed by atoms with Gasteiger partial charge in [-0.05, 0) is 29.3 Å². The molecule has 4 aromatic rings. The van der Waals surface area contributed by atoms with Crippen LogP contribution in [0.3, 0.4) is 0 Å². The molecule has 0 aliphatic heterocycles. The second kappa shape index (κ2) is 14.7. The van der Waals surface area contributed by atoms with Gasteiger partial charge < -0.3 is 24.3 Å². The number of benzene rings is 4. The Hall–Kier alpha value is -5.82. The summed E-state index contributed by atoms with van der Waals surface area (Å²) < 4.78 is 22.0. The van der Waals surface area contributed by atoms with Gasteiger partial charge in [0.1, 0.15) is 12.4 Å². The maximum Gasteiger partial charge on any atom is 0.408 e. The highest BCUT2D eigenvalue weighted by atomic mass is 16.7. The minimum Gasteiger partial charge on any atom is -0.468 e. The average molecular weight is 588 g/mol. The summed E-state index contributed by atoms with van der Waals surface area (Å²) in [5, 5.41) is 25.4. The van der Waals surface area contributed by atoms with E-state index in [-0.39, 0.29) is 6.61 Å². The van der Waals surface area contributed by atoms with Gasteiger partial charge in [-0.2, -0.15) is 0 Å². The van der Waals surface area contributed by atoms with Crippen LogP contribution < -0.4 is 14.8 Å². The summed E-state index contributed by atoms with van der Waals surface area (Å²) in [6.45, 7) is -0.535. The topological polar surface area (TPSA) is 169 Å². The molecule has 0 aliphatic carbocycles. The normalized spacial score (nSPS) is 11.9. The fourth-order valence-electron chi connectivity index (χ4n) is 3.89. The molecular weight excluding hydrogens is 562 g/mol. The number of nitro groups is 2. The number of nitro benzene ring substituents is 2. The summed E-state index contributed by atoms with van der Waals surface area (Å²) in [6.07, 6.45) is -2.51. The zero-order valence-corrected chi connectivity index (χ0v) is 22.4. The van der Waals surface area contributed by atoms with Crippen LogP contribution >= 0.6 is 0 Å². The summed E-state index contributed by atoms with van der Waals surface area (Å²) in [6, 6.07) is 27.1. The van der Waals surface area contributed by atoms with Crippen molar-refractivity contribution < 1.29 is 38.4 Å². The molecule has 0 aromatic heterocycles. The van der Waals surface area contributed by atoms with Crippen LogP contribution in [0.2, 0.25) is 0 Å². The molecule has 0 spiro atoms. The lowest BCUT2D eigenvalue weighted by molar-refractivity contribution is -0.394. The molecule has 0 bridgehead atoms. The molecule has 0 heterocycles. The molecule has 43 heavy (non-hydrogen) atoms. The predicted octanol–water partition coefficient (Wildman–Crippen LogP) is 5.50. The molecule has 0 aliphatic rings. The maximum absolute atomic E-state index is 13.6.